The Balaban J connectivity index is 2.21. The Hall–Kier alpha value is -2.55. The quantitative estimate of drug-likeness (QED) is 0.532. The number of carbonyl (C=O) groups excluding carboxylic acids is 2. The Morgan fingerprint density at radius 3 is 2.35 bits per heavy atom. The van der Waals surface area contributed by atoms with Gasteiger partial charge >= 0.3 is 12.4 Å². The summed E-state index contributed by atoms with van der Waals surface area (Å²) in [6.07, 6.45) is -13.9. The minimum atomic E-state index is -4.93. The number of benzene rings is 1. The highest BCUT2D eigenvalue weighted by molar-refractivity contribution is 7.90. The van der Waals surface area contributed by atoms with E-state index in [4.69, 9.17) is 9.84 Å². The fourth-order valence-electron chi connectivity index (χ4n) is 3.05. The van der Waals surface area contributed by atoms with Crippen LogP contribution in [0.25, 0.3) is 0 Å². The zero-order chi connectivity index (χ0) is 26.1. The summed E-state index contributed by atoms with van der Waals surface area (Å²) in [5, 5.41) is 10.9. The first-order chi connectivity index (χ1) is 15.4. The third-order valence-corrected chi connectivity index (χ3v) is 6.18. The molecular weight excluding hydrogens is 498 g/mol. The van der Waals surface area contributed by atoms with Gasteiger partial charge in [0.2, 0.25) is 5.91 Å². The van der Waals surface area contributed by atoms with Gasteiger partial charge in [-0.1, -0.05) is 0 Å². The lowest BCUT2D eigenvalue weighted by Crippen LogP contribution is -2.43. The number of likely N-dealkylation sites (tertiary alicyclic amines) is 1. The third-order valence-electron chi connectivity index (χ3n) is 5.07. The predicted octanol–water partition coefficient (Wildman–Crippen LogP) is 1.92. The molecule has 1 fully saturated rings. The molecule has 1 aromatic rings. The van der Waals surface area contributed by atoms with Crippen LogP contribution < -0.4 is 10.1 Å². The van der Waals surface area contributed by atoms with Gasteiger partial charge in [-0.25, -0.2) is 8.42 Å². The molecule has 0 spiro atoms. The van der Waals surface area contributed by atoms with Gasteiger partial charge in [-0.3, -0.25) is 9.59 Å². The van der Waals surface area contributed by atoms with Gasteiger partial charge in [-0.15, -0.1) is 0 Å². The molecule has 1 aromatic carbocycles. The normalized spacial score (nSPS) is 19.0. The molecule has 2 amide bonds. The van der Waals surface area contributed by atoms with E-state index in [1.165, 1.54) is 0 Å². The molecule has 1 aliphatic rings. The van der Waals surface area contributed by atoms with E-state index in [1.807, 2.05) is 5.32 Å². The lowest BCUT2D eigenvalue weighted by molar-refractivity contribution is -0.202. The summed E-state index contributed by atoms with van der Waals surface area (Å²) in [5.74, 6) is -3.24. The molecule has 0 bridgehead atoms. The number of hydrogen-bond acceptors (Lipinski definition) is 6. The second-order valence-corrected chi connectivity index (χ2v) is 9.79. The summed E-state index contributed by atoms with van der Waals surface area (Å²) in [4.78, 5) is 25.8. The number of aliphatic hydroxyl groups excluding tert-OH is 1. The minimum Gasteiger partial charge on any atom is -0.480 e. The van der Waals surface area contributed by atoms with Gasteiger partial charge in [-0.2, -0.15) is 26.3 Å². The number of halogens is 6. The van der Waals surface area contributed by atoms with Crippen molar-refractivity contribution >= 4 is 21.7 Å². The molecule has 2 N–H and O–H groups in total. The number of nitrogens with zero attached hydrogens (tertiary/aromatic N) is 1. The van der Waals surface area contributed by atoms with E-state index < -0.39 is 70.0 Å². The van der Waals surface area contributed by atoms with Gasteiger partial charge in [-0.05, 0) is 31.5 Å². The molecule has 0 aliphatic carbocycles. The van der Waals surface area contributed by atoms with E-state index in [9.17, 15) is 44.3 Å². The lowest BCUT2D eigenvalue weighted by atomic mass is 10.1. The van der Waals surface area contributed by atoms with E-state index in [2.05, 4.69) is 0 Å². The molecule has 3 atom stereocenters. The number of carbonyl (C=O) groups is 2. The van der Waals surface area contributed by atoms with Crippen LogP contribution >= 0.6 is 0 Å². The van der Waals surface area contributed by atoms with E-state index in [0.717, 1.165) is 29.4 Å². The highest BCUT2D eigenvalue weighted by Gasteiger charge is 2.41. The SMILES string of the molecule is C[C@H](Oc1ccc(S(C)(=O)=O)cc1C(=O)N1CCC(C(=O)NCC(O)C(F)(F)F)C1)C(F)(F)F. The van der Waals surface area contributed by atoms with Crippen molar-refractivity contribution < 1.29 is 54.2 Å². The molecule has 34 heavy (non-hydrogen) atoms. The zero-order valence-corrected chi connectivity index (χ0v) is 18.7. The van der Waals surface area contributed by atoms with Gasteiger partial charge in [0.25, 0.3) is 5.91 Å². The van der Waals surface area contributed by atoms with E-state index in [1.54, 1.807) is 0 Å². The van der Waals surface area contributed by atoms with Crippen LogP contribution in [0.2, 0.25) is 0 Å². The average molecular weight is 520 g/mol. The smallest absolute Gasteiger partial charge is 0.425 e. The molecule has 1 heterocycles. The summed E-state index contributed by atoms with van der Waals surface area (Å²) in [6.45, 7) is -0.749. The van der Waals surface area contributed by atoms with Crippen LogP contribution in [0.15, 0.2) is 23.1 Å². The fourth-order valence-corrected chi connectivity index (χ4v) is 3.70. The molecule has 8 nitrogen and oxygen atoms in total. The van der Waals surface area contributed by atoms with Gasteiger partial charge in [0.05, 0.1) is 22.9 Å². The topological polar surface area (TPSA) is 113 Å². The van der Waals surface area contributed by atoms with Crippen LogP contribution in [0, 0.1) is 5.92 Å². The summed E-state index contributed by atoms with van der Waals surface area (Å²) < 4.78 is 104. The van der Waals surface area contributed by atoms with Crippen molar-refractivity contribution in [2.45, 2.75) is 42.8 Å². The number of rotatable bonds is 7. The summed E-state index contributed by atoms with van der Waals surface area (Å²) in [5.41, 5.74) is -0.479. The first-order valence-electron chi connectivity index (χ1n) is 9.80. The molecule has 15 heteroatoms. The number of aliphatic hydroxyl groups is 1. The molecule has 2 rings (SSSR count). The molecule has 0 saturated carbocycles. The Morgan fingerprint density at radius 2 is 1.82 bits per heavy atom. The van der Waals surface area contributed by atoms with Gasteiger partial charge in [0, 0.05) is 19.3 Å². The maximum atomic E-state index is 13.0. The first kappa shape index (κ1) is 27.7. The third kappa shape index (κ3) is 6.98. The molecule has 1 aliphatic heterocycles. The van der Waals surface area contributed by atoms with Crippen LogP contribution in [-0.2, 0) is 14.6 Å². The van der Waals surface area contributed by atoms with Crippen molar-refractivity contribution in [3.8, 4) is 5.75 Å². The second kappa shape index (κ2) is 9.98. The molecule has 0 aromatic heterocycles. The highest BCUT2D eigenvalue weighted by atomic mass is 32.2. The van der Waals surface area contributed by atoms with Crippen molar-refractivity contribution in [2.24, 2.45) is 5.92 Å². The minimum absolute atomic E-state index is 0.0284. The van der Waals surface area contributed by atoms with Crippen LogP contribution in [0.5, 0.6) is 5.75 Å². The van der Waals surface area contributed by atoms with Gasteiger partial charge < -0.3 is 20.1 Å². The Bertz CT molecular complexity index is 1030. The standard InChI is InChI=1S/C19H22F6N2O6S/c1-10(18(20,21)22)33-14-4-3-12(34(2,31)32)7-13(14)17(30)27-6-5-11(9-27)16(29)26-8-15(28)19(23,24)25/h3-4,7,10-11,15,28H,5-6,8-9H2,1-2H3,(H,26,29)/t10-,11?,15?/m0/s1. The van der Waals surface area contributed by atoms with Crippen LogP contribution in [0.3, 0.4) is 0 Å². The van der Waals surface area contributed by atoms with Crippen LogP contribution in [0.4, 0.5) is 26.3 Å². The first-order valence-corrected chi connectivity index (χ1v) is 11.7. The van der Waals surface area contributed by atoms with E-state index in [0.29, 0.717) is 6.92 Å². The monoisotopic (exact) mass is 520 g/mol. The van der Waals surface area contributed by atoms with Gasteiger partial charge in [0.1, 0.15) is 5.75 Å². The van der Waals surface area contributed by atoms with Crippen molar-refractivity contribution in [1.82, 2.24) is 10.2 Å². The molecule has 192 valence electrons. The molecule has 0 radical (unpaired) electrons. The van der Waals surface area contributed by atoms with E-state index >= 15 is 0 Å². The van der Waals surface area contributed by atoms with Crippen LogP contribution in [-0.4, -0.2) is 80.7 Å². The van der Waals surface area contributed by atoms with Crippen molar-refractivity contribution in [1.29, 1.82) is 0 Å². The number of nitrogens with one attached hydrogen (secondary N) is 1. The number of alkyl halides is 6. The van der Waals surface area contributed by atoms with Gasteiger partial charge in [0.15, 0.2) is 22.0 Å². The largest absolute Gasteiger partial charge is 0.480 e. The second-order valence-electron chi connectivity index (χ2n) is 7.77. The van der Waals surface area contributed by atoms with E-state index in [-0.39, 0.29) is 24.4 Å². The zero-order valence-electron chi connectivity index (χ0n) is 17.9. The summed E-state index contributed by atoms with van der Waals surface area (Å²) in [6, 6.07) is 2.77. The highest BCUT2D eigenvalue weighted by Crippen LogP contribution is 2.31. The summed E-state index contributed by atoms with van der Waals surface area (Å²) >= 11 is 0. The maximum Gasteiger partial charge on any atom is 0.425 e. The summed E-state index contributed by atoms with van der Waals surface area (Å²) in [7, 11) is -3.84. The number of ether oxygens (including phenoxy) is 1. The molecular formula is C19H22F6N2O6S. The number of hydrogen-bond donors (Lipinski definition) is 2. The maximum absolute atomic E-state index is 13.0. The Kier molecular flexibility index (Phi) is 8.13. The Morgan fingerprint density at radius 1 is 1.21 bits per heavy atom. The predicted molar refractivity (Wildman–Crippen MR) is 105 cm³/mol. The van der Waals surface area contributed by atoms with Crippen molar-refractivity contribution in [2.75, 3.05) is 25.9 Å². The number of amides is 2. The van der Waals surface area contributed by atoms with Crippen molar-refractivity contribution in [3.63, 3.8) is 0 Å². The average Bonchev–Trinajstić information content (AvgIpc) is 3.19. The molecule has 2 unspecified atom stereocenters. The lowest BCUT2D eigenvalue weighted by Gasteiger charge is -2.22. The number of sulfone groups is 1. The van der Waals surface area contributed by atoms with Crippen LogP contribution in [0.1, 0.15) is 23.7 Å². The fraction of sp³-hybridized carbons (Fsp3) is 0.579. The Labute approximate surface area is 190 Å². The van der Waals surface area contributed by atoms with Crippen molar-refractivity contribution in [3.05, 3.63) is 23.8 Å². The molecule has 1 saturated heterocycles.